The van der Waals surface area contributed by atoms with E-state index in [0.717, 1.165) is 17.1 Å². The van der Waals surface area contributed by atoms with E-state index in [1.54, 1.807) is 24.9 Å². The van der Waals surface area contributed by atoms with Gasteiger partial charge < -0.3 is 14.0 Å². The van der Waals surface area contributed by atoms with Gasteiger partial charge in [-0.2, -0.15) is 4.31 Å². The SMILES string of the molecule is Cc1noc(C)c1S(=O)(=O)N1CCN(C(=O)c2cc(C)n(Cc3ccccn3)c2C)CC1. The summed E-state index contributed by atoms with van der Waals surface area (Å²) >= 11 is 0. The predicted octanol–water partition coefficient (Wildman–Crippen LogP) is 2.30. The zero-order valence-electron chi connectivity index (χ0n) is 18.7. The van der Waals surface area contributed by atoms with E-state index in [1.807, 2.05) is 38.1 Å². The molecule has 1 aliphatic heterocycles. The first-order valence-corrected chi connectivity index (χ1v) is 11.9. The van der Waals surface area contributed by atoms with Gasteiger partial charge in [-0.25, -0.2) is 8.42 Å². The van der Waals surface area contributed by atoms with Crippen LogP contribution >= 0.6 is 0 Å². The molecule has 1 aliphatic rings. The second-order valence-electron chi connectivity index (χ2n) is 8.04. The van der Waals surface area contributed by atoms with Crippen LogP contribution in [0.3, 0.4) is 0 Å². The van der Waals surface area contributed by atoms with Crippen LogP contribution in [-0.2, 0) is 16.6 Å². The molecular formula is C22H27N5O4S. The first kappa shape index (κ1) is 22.2. The molecule has 3 aromatic rings. The summed E-state index contributed by atoms with van der Waals surface area (Å²) in [6.45, 7) is 8.81. The van der Waals surface area contributed by atoms with Crippen molar-refractivity contribution >= 4 is 15.9 Å². The van der Waals surface area contributed by atoms with Gasteiger partial charge >= 0.3 is 0 Å². The predicted molar refractivity (Wildman–Crippen MR) is 118 cm³/mol. The van der Waals surface area contributed by atoms with E-state index in [9.17, 15) is 13.2 Å². The maximum absolute atomic E-state index is 13.2. The van der Waals surface area contributed by atoms with Gasteiger partial charge in [0.25, 0.3) is 5.91 Å². The van der Waals surface area contributed by atoms with Crippen LogP contribution in [-0.4, -0.2) is 64.4 Å². The molecule has 0 atom stereocenters. The third-order valence-corrected chi connectivity index (χ3v) is 8.09. The number of sulfonamides is 1. The molecule has 0 N–H and O–H groups in total. The molecule has 0 radical (unpaired) electrons. The Morgan fingerprint density at radius 2 is 1.81 bits per heavy atom. The Bertz CT molecular complexity index is 1220. The minimum atomic E-state index is -3.71. The topological polar surface area (TPSA) is 102 Å². The quantitative estimate of drug-likeness (QED) is 0.583. The molecular weight excluding hydrogens is 430 g/mol. The molecule has 4 rings (SSSR count). The Kier molecular flexibility index (Phi) is 5.91. The van der Waals surface area contributed by atoms with Gasteiger partial charge in [-0.05, 0) is 45.9 Å². The Morgan fingerprint density at radius 3 is 2.41 bits per heavy atom. The smallest absolute Gasteiger partial charge is 0.255 e. The standard InChI is InChI=1S/C22H27N5O4S/c1-15-13-20(17(3)27(15)14-19-7-5-6-8-23-19)22(28)25-9-11-26(12-10-25)32(29,30)21-16(2)24-31-18(21)4/h5-8,13H,9-12,14H2,1-4H3. The number of rotatable bonds is 5. The number of hydrogen-bond donors (Lipinski definition) is 0. The van der Waals surface area contributed by atoms with Crippen molar-refractivity contribution in [2.24, 2.45) is 0 Å². The van der Waals surface area contributed by atoms with Crippen molar-refractivity contribution < 1.29 is 17.7 Å². The summed E-state index contributed by atoms with van der Waals surface area (Å²) in [5.74, 6) is 0.195. The number of amides is 1. The highest BCUT2D eigenvalue weighted by Crippen LogP contribution is 2.25. The van der Waals surface area contributed by atoms with Crippen LogP contribution in [0.15, 0.2) is 39.9 Å². The van der Waals surface area contributed by atoms with Crippen molar-refractivity contribution in [1.82, 2.24) is 23.9 Å². The minimum Gasteiger partial charge on any atom is -0.360 e. The maximum atomic E-state index is 13.2. The number of pyridine rings is 1. The summed E-state index contributed by atoms with van der Waals surface area (Å²) in [5.41, 5.74) is 3.77. The second-order valence-corrected chi connectivity index (χ2v) is 9.92. The maximum Gasteiger partial charge on any atom is 0.255 e. The van der Waals surface area contributed by atoms with E-state index in [-0.39, 0.29) is 29.7 Å². The fourth-order valence-electron chi connectivity index (χ4n) is 4.19. The average Bonchev–Trinajstić information content (AvgIpc) is 3.27. The normalized spacial score (nSPS) is 15.3. The van der Waals surface area contributed by atoms with E-state index < -0.39 is 10.0 Å². The fourth-order valence-corrected chi connectivity index (χ4v) is 5.90. The number of carbonyl (C=O) groups excluding carboxylic acids is 1. The van der Waals surface area contributed by atoms with Gasteiger partial charge in [0.15, 0.2) is 5.76 Å². The highest BCUT2D eigenvalue weighted by Gasteiger charge is 2.34. The van der Waals surface area contributed by atoms with Crippen LogP contribution in [0.1, 0.15) is 38.9 Å². The molecule has 0 spiro atoms. The van der Waals surface area contributed by atoms with E-state index in [2.05, 4.69) is 14.7 Å². The van der Waals surface area contributed by atoms with E-state index in [0.29, 0.717) is 30.9 Å². The van der Waals surface area contributed by atoms with E-state index >= 15 is 0 Å². The van der Waals surface area contributed by atoms with Gasteiger partial charge in [-0.1, -0.05) is 11.2 Å². The summed E-state index contributed by atoms with van der Waals surface area (Å²) in [5, 5.41) is 3.76. The molecule has 1 amide bonds. The third-order valence-electron chi connectivity index (χ3n) is 5.94. The Hall–Kier alpha value is -2.98. The summed E-state index contributed by atoms with van der Waals surface area (Å²) in [7, 11) is -3.71. The van der Waals surface area contributed by atoms with Crippen LogP contribution in [0.5, 0.6) is 0 Å². The molecule has 170 valence electrons. The minimum absolute atomic E-state index is 0.0836. The first-order valence-electron chi connectivity index (χ1n) is 10.5. The molecule has 1 saturated heterocycles. The van der Waals surface area contributed by atoms with Gasteiger partial charge in [0, 0.05) is 43.8 Å². The van der Waals surface area contributed by atoms with Gasteiger partial charge in [0.05, 0.1) is 17.8 Å². The first-order chi connectivity index (χ1) is 15.2. The largest absolute Gasteiger partial charge is 0.360 e. The van der Waals surface area contributed by atoms with Gasteiger partial charge in [-0.15, -0.1) is 0 Å². The number of aryl methyl sites for hydroxylation is 3. The second kappa shape index (κ2) is 8.51. The van der Waals surface area contributed by atoms with Crippen LogP contribution in [0.2, 0.25) is 0 Å². The lowest BCUT2D eigenvalue weighted by atomic mass is 10.2. The lowest BCUT2D eigenvalue weighted by Crippen LogP contribution is -2.50. The molecule has 9 nitrogen and oxygen atoms in total. The summed E-state index contributed by atoms with van der Waals surface area (Å²) in [6, 6.07) is 7.67. The molecule has 1 fully saturated rings. The summed E-state index contributed by atoms with van der Waals surface area (Å²) in [6.07, 6.45) is 1.76. The van der Waals surface area contributed by atoms with Gasteiger partial charge in [-0.3, -0.25) is 9.78 Å². The third kappa shape index (κ3) is 3.95. The Labute approximate surface area is 187 Å². The number of piperazine rings is 1. The Balaban J connectivity index is 1.48. The lowest BCUT2D eigenvalue weighted by Gasteiger charge is -2.34. The van der Waals surface area contributed by atoms with Crippen LogP contribution in [0.4, 0.5) is 0 Å². The molecule has 0 bridgehead atoms. The number of aromatic nitrogens is 3. The molecule has 3 aromatic heterocycles. The van der Waals surface area contributed by atoms with Crippen molar-refractivity contribution in [1.29, 1.82) is 0 Å². The zero-order chi connectivity index (χ0) is 23.0. The lowest BCUT2D eigenvalue weighted by molar-refractivity contribution is 0.0697. The number of carbonyl (C=O) groups is 1. The Morgan fingerprint density at radius 1 is 1.09 bits per heavy atom. The highest BCUT2D eigenvalue weighted by molar-refractivity contribution is 7.89. The number of nitrogens with zero attached hydrogens (tertiary/aromatic N) is 5. The van der Waals surface area contributed by atoms with Crippen LogP contribution < -0.4 is 0 Å². The van der Waals surface area contributed by atoms with Crippen LogP contribution in [0.25, 0.3) is 0 Å². The molecule has 0 unspecified atom stereocenters. The molecule has 0 aromatic carbocycles. The van der Waals surface area contributed by atoms with Crippen molar-refractivity contribution in [2.45, 2.75) is 39.1 Å². The molecule has 32 heavy (non-hydrogen) atoms. The zero-order valence-corrected chi connectivity index (χ0v) is 19.5. The van der Waals surface area contributed by atoms with E-state index in [1.165, 1.54) is 4.31 Å². The highest BCUT2D eigenvalue weighted by atomic mass is 32.2. The summed E-state index contributed by atoms with van der Waals surface area (Å²) < 4.78 is 34.6. The molecule has 4 heterocycles. The van der Waals surface area contributed by atoms with Crippen LogP contribution in [0, 0.1) is 27.7 Å². The average molecular weight is 458 g/mol. The monoisotopic (exact) mass is 457 g/mol. The van der Waals surface area contributed by atoms with E-state index in [4.69, 9.17) is 4.52 Å². The van der Waals surface area contributed by atoms with Crippen molar-refractivity contribution in [3.63, 3.8) is 0 Å². The van der Waals surface area contributed by atoms with Gasteiger partial charge in [0.2, 0.25) is 10.0 Å². The molecule has 0 saturated carbocycles. The van der Waals surface area contributed by atoms with Crippen molar-refractivity contribution in [3.8, 4) is 0 Å². The van der Waals surface area contributed by atoms with Crippen molar-refractivity contribution in [3.05, 3.63) is 64.6 Å². The number of hydrogen-bond acceptors (Lipinski definition) is 6. The molecule has 0 aliphatic carbocycles. The van der Waals surface area contributed by atoms with Gasteiger partial charge in [0.1, 0.15) is 10.6 Å². The summed E-state index contributed by atoms with van der Waals surface area (Å²) in [4.78, 5) is 19.4. The fraction of sp³-hybridized carbons (Fsp3) is 0.409. The van der Waals surface area contributed by atoms with Crippen molar-refractivity contribution in [2.75, 3.05) is 26.2 Å². The molecule has 10 heteroatoms.